The Kier molecular flexibility index (Phi) is 5.97. The molecule has 5 nitrogen and oxygen atoms in total. The number of ether oxygens (including phenoxy) is 1. The number of carbonyl (C=O) groups excluding carboxylic acids is 1. The Bertz CT molecular complexity index is 537. The second-order valence-electron chi connectivity index (χ2n) is 6.11. The van der Waals surface area contributed by atoms with Gasteiger partial charge in [0.1, 0.15) is 11.8 Å². The van der Waals surface area contributed by atoms with Crippen LogP contribution in [0.5, 0.6) is 5.75 Å². The number of rotatable bonds is 7. The van der Waals surface area contributed by atoms with Crippen LogP contribution in [0, 0.1) is 5.92 Å². The Labute approximate surface area is 131 Å². The summed E-state index contributed by atoms with van der Waals surface area (Å²) in [5.41, 5.74) is -0.157. The largest absolute Gasteiger partial charge is 0.480 e. The van der Waals surface area contributed by atoms with Gasteiger partial charge in [-0.05, 0) is 37.8 Å². The van der Waals surface area contributed by atoms with E-state index in [2.05, 4.69) is 5.32 Å². The molecule has 0 saturated carbocycles. The summed E-state index contributed by atoms with van der Waals surface area (Å²) in [6.07, 6.45) is 0.789. The number of amides is 1. The lowest BCUT2D eigenvalue weighted by Gasteiger charge is -2.29. The van der Waals surface area contributed by atoms with Crippen LogP contribution in [0.4, 0.5) is 0 Å². The standard InChI is InChI=1S/C17H25NO4/c1-6-12-9-7-8-10-13(12)22-17(4,5)16(21)18-14(11(2)3)15(19)20/h7-11,14H,6H2,1-5H3,(H,18,21)(H,19,20). The van der Waals surface area contributed by atoms with Crippen molar-refractivity contribution in [2.75, 3.05) is 0 Å². The first-order valence-corrected chi connectivity index (χ1v) is 7.49. The summed E-state index contributed by atoms with van der Waals surface area (Å²) in [6.45, 7) is 8.77. The number of carboxylic acids is 1. The Morgan fingerprint density at radius 3 is 2.36 bits per heavy atom. The third kappa shape index (κ3) is 4.48. The van der Waals surface area contributed by atoms with Gasteiger partial charge < -0.3 is 15.2 Å². The van der Waals surface area contributed by atoms with Gasteiger partial charge in [-0.15, -0.1) is 0 Å². The molecule has 0 spiro atoms. The highest BCUT2D eigenvalue weighted by Crippen LogP contribution is 2.24. The van der Waals surface area contributed by atoms with E-state index in [-0.39, 0.29) is 5.92 Å². The molecule has 1 atom stereocenters. The first-order chi connectivity index (χ1) is 10.2. The van der Waals surface area contributed by atoms with E-state index in [1.807, 2.05) is 31.2 Å². The van der Waals surface area contributed by atoms with E-state index in [0.29, 0.717) is 5.75 Å². The minimum absolute atomic E-state index is 0.208. The minimum Gasteiger partial charge on any atom is -0.480 e. The van der Waals surface area contributed by atoms with Gasteiger partial charge in [0.05, 0.1) is 0 Å². The highest BCUT2D eigenvalue weighted by atomic mass is 16.5. The fourth-order valence-corrected chi connectivity index (χ4v) is 2.05. The van der Waals surface area contributed by atoms with Gasteiger partial charge in [0.15, 0.2) is 5.60 Å². The van der Waals surface area contributed by atoms with E-state index in [0.717, 1.165) is 12.0 Å². The summed E-state index contributed by atoms with van der Waals surface area (Å²) in [5.74, 6) is -1.06. The molecule has 2 N–H and O–H groups in total. The molecule has 0 aliphatic carbocycles. The molecule has 1 rings (SSSR count). The lowest BCUT2D eigenvalue weighted by atomic mass is 10.0. The number of hydrogen-bond acceptors (Lipinski definition) is 3. The number of carbonyl (C=O) groups is 2. The van der Waals surface area contributed by atoms with Crippen LogP contribution in [0.3, 0.4) is 0 Å². The normalized spacial score (nSPS) is 12.8. The van der Waals surface area contributed by atoms with E-state index in [9.17, 15) is 14.7 Å². The van der Waals surface area contributed by atoms with Crippen molar-refractivity contribution in [2.24, 2.45) is 5.92 Å². The van der Waals surface area contributed by atoms with E-state index < -0.39 is 23.5 Å². The van der Waals surface area contributed by atoms with Crippen molar-refractivity contribution in [3.8, 4) is 5.75 Å². The molecule has 0 bridgehead atoms. The molecule has 1 amide bonds. The van der Waals surface area contributed by atoms with E-state index >= 15 is 0 Å². The number of aryl methyl sites for hydroxylation is 1. The molecule has 0 heterocycles. The molecule has 0 aromatic heterocycles. The van der Waals surface area contributed by atoms with Crippen LogP contribution < -0.4 is 10.1 Å². The molecule has 1 aromatic carbocycles. The Morgan fingerprint density at radius 1 is 1.27 bits per heavy atom. The number of para-hydroxylation sites is 1. The van der Waals surface area contributed by atoms with Crippen LogP contribution in [0.1, 0.15) is 40.2 Å². The summed E-state index contributed by atoms with van der Waals surface area (Å²) in [7, 11) is 0. The molecule has 0 fully saturated rings. The number of nitrogens with one attached hydrogen (secondary N) is 1. The molecule has 0 saturated heterocycles. The molecular formula is C17H25NO4. The summed E-state index contributed by atoms with van der Waals surface area (Å²) in [6, 6.07) is 6.58. The zero-order valence-electron chi connectivity index (χ0n) is 13.8. The summed E-state index contributed by atoms with van der Waals surface area (Å²) in [5, 5.41) is 11.7. The zero-order valence-corrected chi connectivity index (χ0v) is 13.8. The van der Waals surface area contributed by atoms with E-state index in [1.165, 1.54) is 0 Å². The van der Waals surface area contributed by atoms with Crippen molar-refractivity contribution in [3.05, 3.63) is 29.8 Å². The highest BCUT2D eigenvalue weighted by Gasteiger charge is 2.34. The maximum absolute atomic E-state index is 12.4. The zero-order chi connectivity index (χ0) is 16.9. The van der Waals surface area contributed by atoms with E-state index in [4.69, 9.17) is 4.74 Å². The second kappa shape index (κ2) is 7.29. The average molecular weight is 307 g/mol. The number of aliphatic carboxylic acids is 1. The summed E-state index contributed by atoms with van der Waals surface area (Å²) < 4.78 is 5.84. The fourth-order valence-electron chi connectivity index (χ4n) is 2.05. The van der Waals surface area contributed by atoms with E-state index in [1.54, 1.807) is 27.7 Å². The molecule has 1 unspecified atom stereocenters. The first kappa shape index (κ1) is 18.0. The van der Waals surface area contributed by atoms with Gasteiger partial charge in [-0.1, -0.05) is 39.0 Å². The lowest BCUT2D eigenvalue weighted by molar-refractivity contribution is -0.146. The van der Waals surface area contributed by atoms with Gasteiger partial charge in [-0.25, -0.2) is 4.79 Å². The van der Waals surface area contributed by atoms with Crippen molar-refractivity contribution in [1.29, 1.82) is 0 Å². The Morgan fingerprint density at radius 2 is 1.86 bits per heavy atom. The highest BCUT2D eigenvalue weighted by molar-refractivity contribution is 5.89. The summed E-state index contributed by atoms with van der Waals surface area (Å²) in [4.78, 5) is 23.6. The van der Waals surface area contributed by atoms with Gasteiger partial charge in [0.25, 0.3) is 5.91 Å². The predicted molar refractivity (Wildman–Crippen MR) is 84.9 cm³/mol. The van der Waals surface area contributed by atoms with Crippen molar-refractivity contribution >= 4 is 11.9 Å². The summed E-state index contributed by atoms with van der Waals surface area (Å²) >= 11 is 0. The van der Waals surface area contributed by atoms with Gasteiger partial charge in [0.2, 0.25) is 0 Å². The van der Waals surface area contributed by atoms with Gasteiger partial charge >= 0.3 is 5.97 Å². The van der Waals surface area contributed by atoms with Crippen molar-refractivity contribution in [2.45, 2.75) is 52.7 Å². The van der Waals surface area contributed by atoms with Crippen LogP contribution in [0.2, 0.25) is 0 Å². The number of benzene rings is 1. The quantitative estimate of drug-likeness (QED) is 0.812. The molecule has 5 heteroatoms. The molecule has 22 heavy (non-hydrogen) atoms. The lowest BCUT2D eigenvalue weighted by Crippen LogP contribution is -2.53. The van der Waals surface area contributed by atoms with Crippen molar-refractivity contribution in [1.82, 2.24) is 5.32 Å². The molecule has 0 aliphatic rings. The Balaban J connectivity index is 2.89. The number of hydrogen-bond donors (Lipinski definition) is 2. The first-order valence-electron chi connectivity index (χ1n) is 7.49. The third-order valence-corrected chi connectivity index (χ3v) is 3.48. The maximum atomic E-state index is 12.4. The molecule has 122 valence electrons. The van der Waals surface area contributed by atoms with Crippen LogP contribution in [0.25, 0.3) is 0 Å². The van der Waals surface area contributed by atoms with Gasteiger partial charge in [-0.3, -0.25) is 4.79 Å². The molecular weight excluding hydrogens is 282 g/mol. The molecule has 1 aromatic rings. The van der Waals surface area contributed by atoms with Crippen molar-refractivity contribution in [3.63, 3.8) is 0 Å². The minimum atomic E-state index is -1.16. The second-order valence-corrected chi connectivity index (χ2v) is 6.11. The van der Waals surface area contributed by atoms with Crippen molar-refractivity contribution < 1.29 is 19.4 Å². The third-order valence-electron chi connectivity index (χ3n) is 3.48. The van der Waals surface area contributed by atoms with Crippen LogP contribution in [-0.2, 0) is 16.0 Å². The van der Waals surface area contributed by atoms with Gasteiger partial charge in [-0.2, -0.15) is 0 Å². The SMILES string of the molecule is CCc1ccccc1OC(C)(C)C(=O)NC(C(=O)O)C(C)C. The molecule has 0 radical (unpaired) electrons. The topological polar surface area (TPSA) is 75.6 Å². The molecule has 0 aliphatic heterocycles. The monoisotopic (exact) mass is 307 g/mol. The van der Waals surface area contributed by atoms with Crippen LogP contribution >= 0.6 is 0 Å². The smallest absolute Gasteiger partial charge is 0.326 e. The van der Waals surface area contributed by atoms with Gasteiger partial charge in [0, 0.05) is 0 Å². The maximum Gasteiger partial charge on any atom is 0.326 e. The van der Waals surface area contributed by atoms with Crippen LogP contribution in [-0.4, -0.2) is 28.6 Å². The fraction of sp³-hybridized carbons (Fsp3) is 0.529. The average Bonchev–Trinajstić information content (AvgIpc) is 2.43. The predicted octanol–water partition coefficient (Wildman–Crippen LogP) is 2.63. The van der Waals surface area contributed by atoms with Crippen LogP contribution in [0.15, 0.2) is 24.3 Å². The number of carboxylic acid groups (broad SMARTS) is 1. The Hall–Kier alpha value is -2.04.